The van der Waals surface area contributed by atoms with Crippen molar-refractivity contribution in [3.05, 3.63) is 69.9 Å². The summed E-state index contributed by atoms with van der Waals surface area (Å²) in [7, 11) is 0. The largest absolute Gasteiger partial charge is 0.383 e. The molecule has 1 heterocycles. The highest BCUT2D eigenvalue weighted by molar-refractivity contribution is 6.36. The van der Waals surface area contributed by atoms with Crippen LogP contribution in [0.15, 0.2) is 54.3 Å². The van der Waals surface area contributed by atoms with Crippen LogP contribution in [0.25, 0.3) is 0 Å². The summed E-state index contributed by atoms with van der Waals surface area (Å²) in [6, 6.07) is 13.8. The van der Waals surface area contributed by atoms with Crippen LogP contribution in [0, 0.1) is 0 Å². The van der Waals surface area contributed by atoms with Crippen LogP contribution in [0.4, 0.5) is 11.4 Å². The fourth-order valence-electron chi connectivity index (χ4n) is 3.64. The van der Waals surface area contributed by atoms with Crippen molar-refractivity contribution in [2.24, 2.45) is 5.73 Å². The lowest BCUT2D eigenvalue weighted by molar-refractivity contribution is 0.185. The summed E-state index contributed by atoms with van der Waals surface area (Å²) in [5.74, 6) is 0.923. The molecule has 29 heavy (non-hydrogen) atoms. The first-order valence-electron chi connectivity index (χ1n) is 10.3. The number of benzene rings is 2. The molecule has 0 bridgehead atoms. The van der Waals surface area contributed by atoms with E-state index in [2.05, 4.69) is 49.1 Å². The zero-order chi connectivity index (χ0) is 20.8. The predicted octanol–water partition coefficient (Wildman–Crippen LogP) is 6.35. The van der Waals surface area contributed by atoms with Crippen LogP contribution in [0.3, 0.4) is 0 Å². The summed E-state index contributed by atoms with van der Waals surface area (Å²) in [5.41, 5.74) is 8.66. The van der Waals surface area contributed by atoms with E-state index in [9.17, 15) is 0 Å². The number of halogens is 2. The Morgan fingerprint density at radius 1 is 1.00 bits per heavy atom. The lowest BCUT2D eigenvalue weighted by Gasteiger charge is -2.28. The lowest BCUT2D eigenvalue weighted by Crippen LogP contribution is -2.24. The number of hydroxylamine groups is 1. The van der Waals surface area contributed by atoms with E-state index >= 15 is 0 Å². The maximum absolute atomic E-state index is 6.52. The van der Waals surface area contributed by atoms with Gasteiger partial charge in [-0.1, -0.05) is 29.3 Å². The van der Waals surface area contributed by atoms with Gasteiger partial charge >= 0.3 is 0 Å². The first kappa shape index (κ1) is 21.8. The molecule has 2 aromatic rings. The van der Waals surface area contributed by atoms with E-state index < -0.39 is 0 Å². The first-order chi connectivity index (χ1) is 14.1. The zero-order valence-corrected chi connectivity index (χ0v) is 18.6. The van der Waals surface area contributed by atoms with E-state index in [4.69, 9.17) is 33.8 Å². The molecule has 1 aliphatic heterocycles. The summed E-state index contributed by atoms with van der Waals surface area (Å²) in [4.78, 5) is 8.56. The zero-order valence-electron chi connectivity index (χ0n) is 17.1. The van der Waals surface area contributed by atoms with Crippen LogP contribution in [0.5, 0.6) is 0 Å². The molecule has 0 aliphatic carbocycles. The third-order valence-corrected chi connectivity index (χ3v) is 5.88. The van der Waals surface area contributed by atoms with E-state index in [1.807, 2.05) is 23.3 Å². The van der Waals surface area contributed by atoms with Gasteiger partial charge in [-0.2, -0.15) is 5.06 Å². The third kappa shape index (κ3) is 5.00. The minimum atomic E-state index is -0.177. The van der Waals surface area contributed by atoms with Crippen molar-refractivity contribution >= 4 is 34.6 Å². The molecule has 0 aromatic heterocycles. The summed E-state index contributed by atoms with van der Waals surface area (Å²) < 4.78 is 0. The Hall–Kier alpha value is -1.88. The van der Waals surface area contributed by atoms with Crippen LogP contribution >= 0.6 is 23.2 Å². The number of anilines is 2. The van der Waals surface area contributed by atoms with Gasteiger partial charge in [-0.05, 0) is 75.7 Å². The molecular formula is C23H29Cl2N3O. The molecule has 2 N–H and O–H groups in total. The average Bonchev–Trinajstić information content (AvgIpc) is 3.13. The van der Waals surface area contributed by atoms with E-state index in [1.165, 1.54) is 5.69 Å². The molecule has 1 unspecified atom stereocenters. The van der Waals surface area contributed by atoms with Crippen LogP contribution in [-0.4, -0.2) is 19.6 Å². The van der Waals surface area contributed by atoms with Crippen molar-refractivity contribution in [3.63, 3.8) is 0 Å². The van der Waals surface area contributed by atoms with Gasteiger partial charge < -0.3 is 15.5 Å². The molecule has 0 spiro atoms. The lowest BCUT2D eigenvalue weighted by atomic mass is 10.0. The number of rotatable bonds is 9. The SMILES string of the molecule is CCN(CC)c1ccc(N2OC(CCCCN)=CC2c2c(Cl)cccc2Cl)cc1. The Kier molecular flexibility index (Phi) is 7.70. The Morgan fingerprint density at radius 3 is 2.24 bits per heavy atom. The second kappa shape index (κ2) is 10.2. The van der Waals surface area contributed by atoms with E-state index in [0.717, 1.165) is 49.4 Å². The van der Waals surface area contributed by atoms with Gasteiger partial charge in [-0.3, -0.25) is 0 Å². The molecule has 156 valence electrons. The quantitative estimate of drug-likeness (QED) is 0.467. The number of hydrogen-bond donors (Lipinski definition) is 1. The highest BCUT2D eigenvalue weighted by Gasteiger charge is 2.31. The monoisotopic (exact) mass is 433 g/mol. The standard InChI is InChI=1S/C23H29Cl2N3O/c1-3-27(4-2)17-11-13-18(14-12-17)28-22(16-19(29-28)8-5-6-15-26)23-20(24)9-7-10-21(23)25/h7,9-14,16,22H,3-6,8,15,26H2,1-2H3. The van der Waals surface area contributed by atoms with Crippen molar-refractivity contribution in [3.8, 4) is 0 Å². The smallest absolute Gasteiger partial charge is 0.131 e. The van der Waals surface area contributed by atoms with Crippen LogP contribution in [0.1, 0.15) is 44.7 Å². The third-order valence-electron chi connectivity index (χ3n) is 5.22. The summed E-state index contributed by atoms with van der Waals surface area (Å²) in [6.07, 6.45) is 4.91. The molecule has 3 rings (SSSR count). The molecule has 6 heteroatoms. The summed E-state index contributed by atoms with van der Waals surface area (Å²) in [6.45, 7) is 6.95. The van der Waals surface area contributed by atoms with Gasteiger partial charge in [-0.15, -0.1) is 0 Å². The summed E-state index contributed by atoms with van der Waals surface area (Å²) >= 11 is 13.0. The molecule has 2 aromatic carbocycles. The Morgan fingerprint density at radius 2 is 1.66 bits per heavy atom. The minimum absolute atomic E-state index is 0.177. The number of allylic oxidation sites excluding steroid dienone is 1. The van der Waals surface area contributed by atoms with Crippen molar-refractivity contribution in [2.75, 3.05) is 29.6 Å². The fourth-order valence-corrected chi connectivity index (χ4v) is 4.26. The van der Waals surface area contributed by atoms with Crippen molar-refractivity contribution in [1.82, 2.24) is 0 Å². The van der Waals surface area contributed by atoms with Gasteiger partial charge in [0.15, 0.2) is 0 Å². The van der Waals surface area contributed by atoms with Crippen LogP contribution in [-0.2, 0) is 4.84 Å². The predicted molar refractivity (Wildman–Crippen MR) is 124 cm³/mol. The molecule has 4 nitrogen and oxygen atoms in total. The molecule has 1 aliphatic rings. The first-order valence-corrected chi connectivity index (χ1v) is 11.0. The highest BCUT2D eigenvalue weighted by Crippen LogP contribution is 2.42. The van der Waals surface area contributed by atoms with Gasteiger partial charge in [-0.25, -0.2) is 0 Å². The summed E-state index contributed by atoms with van der Waals surface area (Å²) in [5, 5.41) is 3.17. The molecule has 0 amide bonds. The maximum atomic E-state index is 6.52. The minimum Gasteiger partial charge on any atom is -0.383 e. The van der Waals surface area contributed by atoms with Crippen LogP contribution in [0.2, 0.25) is 10.0 Å². The molecule has 0 saturated heterocycles. The molecular weight excluding hydrogens is 405 g/mol. The Bertz CT molecular complexity index is 814. The molecule has 1 atom stereocenters. The van der Waals surface area contributed by atoms with E-state index in [0.29, 0.717) is 16.6 Å². The maximum Gasteiger partial charge on any atom is 0.131 e. The Labute approximate surface area is 183 Å². The molecule has 0 saturated carbocycles. The second-order valence-corrected chi connectivity index (χ2v) is 7.88. The van der Waals surface area contributed by atoms with Crippen molar-refractivity contribution in [2.45, 2.75) is 39.2 Å². The van der Waals surface area contributed by atoms with E-state index in [1.54, 1.807) is 0 Å². The number of nitrogens with zero attached hydrogens (tertiary/aromatic N) is 2. The van der Waals surface area contributed by atoms with Gasteiger partial charge in [0.1, 0.15) is 11.8 Å². The van der Waals surface area contributed by atoms with Gasteiger partial charge in [0.2, 0.25) is 0 Å². The number of nitrogens with two attached hydrogens (primary N) is 1. The normalized spacial score (nSPS) is 16.0. The average molecular weight is 434 g/mol. The van der Waals surface area contributed by atoms with Crippen LogP contribution < -0.4 is 15.7 Å². The van der Waals surface area contributed by atoms with Gasteiger partial charge in [0, 0.05) is 40.8 Å². The Balaban J connectivity index is 1.91. The van der Waals surface area contributed by atoms with E-state index in [-0.39, 0.29) is 6.04 Å². The topological polar surface area (TPSA) is 41.7 Å². The highest BCUT2D eigenvalue weighted by atomic mass is 35.5. The van der Waals surface area contributed by atoms with Gasteiger partial charge in [0.25, 0.3) is 0 Å². The molecule has 0 fully saturated rings. The van der Waals surface area contributed by atoms with Crippen molar-refractivity contribution in [1.29, 1.82) is 0 Å². The fraction of sp³-hybridized carbons (Fsp3) is 0.391. The van der Waals surface area contributed by atoms with Gasteiger partial charge in [0.05, 0.1) is 5.69 Å². The number of hydrogen-bond acceptors (Lipinski definition) is 4. The second-order valence-electron chi connectivity index (χ2n) is 7.06. The van der Waals surface area contributed by atoms with Crippen molar-refractivity contribution < 1.29 is 4.84 Å². The molecule has 0 radical (unpaired) electrons. The number of unbranched alkanes of at least 4 members (excludes halogenated alkanes) is 1.